The third-order valence-electron chi connectivity index (χ3n) is 2.03. The molecule has 1 aliphatic rings. The van der Waals surface area contributed by atoms with E-state index in [9.17, 15) is 9.00 Å². The van der Waals surface area contributed by atoms with Crippen LogP contribution in [-0.2, 0) is 15.6 Å². The molecule has 5 heteroatoms. The Labute approximate surface area is 85.5 Å². The van der Waals surface area contributed by atoms with Crippen LogP contribution in [0, 0.1) is 0 Å². The van der Waals surface area contributed by atoms with E-state index >= 15 is 0 Å². The van der Waals surface area contributed by atoms with E-state index in [1.54, 1.807) is 0 Å². The Balaban J connectivity index is 2.22. The molecular formula is C8H15NO2S2. The van der Waals surface area contributed by atoms with Crippen molar-refractivity contribution in [1.29, 1.82) is 0 Å². The van der Waals surface area contributed by atoms with Crippen LogP contribution in [0.15, 0.2) is 0 Å². The van der Waals surface area contributed by atoms with Gasteiger partial charge in [-0.15, -0.1) is 0 Å². The van der Waals surface area contributed by atoms with Crippen molar-refractivity contribution in [3.63, 3.8) is 0 Å². The molecule has 3 nitrogen and oxygen atoms in total. The molecule has 1 aliphatic heterocycles. The van der Waals surface area contributed by atoms with Crippen LogP contribution in [0.4, 0.5) is 0 Å². The van der Waals surface area contributed by atoms with Gasteiger partial charge in [0.2, 0.25) is 5.91 Å². The largest absolute Gasteiger partial charge is 0.353 e. The van der Waals surface area contributed by atoms with E-state index in [0.29, 0.717) is 5.75 Å². The van der Waals surface area contributed by atoms with E-state index in [1.165, 1.54) is 11.8 Å². The van der Waals surface area contributed by atoms with Crippen molar-refractivity contribution in [3.05, 3.63) is 0 Å². The number of rotatable bonds is 3. The molecule has 0 spiro atoms. The maximum Gasteiger partial charge on any atom is 0.230 e. The van der Waals surface area contributed by atoms with Crippen LogP contribution in [-0.4, -0.2) is 39.7 Å². The predicted molar refractivity (Wildman–Crippen MR) is 57.4 cm³/mol. The monoisotopic (exact) mass is 221 g/mol. The van der Waals surface area contributed by atoms with Gasteiger partial charge in [-0.25, -0.2) is 0 Å². The molecule has 1 amide bonds. The molecule has 1 rings (SSSR count). The van der Waals surface area contributed by atoms with E-state index in [-0.39, 0.29) is 11.9 Å². The van der Waals surface area contributed by atoms with Crippen molar-refractivity contribution in [2.75, 3.05) is 23.5 Å². The highest BCUT2D eigenvalue weighted by Gasteiger charge is 2.18. The first kappa shape index (κ1) is 11.0. The number of nitrogens with one attached hydrogen (secondary N) is 1. The smallest absolute Gasteiger partial charge is 0.230 e. The zero-order valence-electron chi connectivity index (χ0n) is 7.75. The molecular weight excluding hydrogens is 206 g/mol. The molecule has 0 atom stereocenters. The van der Waals surface area contributed by atoms with Gasteiger partial charge in [-0.3, -0.25) is 9.00 Å². The summed E-state index contributed by atoms with van der Waals surface area (Å²) in [5, 5.41) is 2.95. The minimum absolute atomic E-state index is 0.102. The fourth-order valence-electron chi connectivity index (χ4n) is 1.34. The minimum atomic E-state index is -0.636. The second kappa shape index (κ2) is 5.65. The lowest BCUT2D eigenvalue weighted by molar-refractivity contribution is -0.119. The molecule has 1 saturated heterocycles. The average molecular weight is 221 g/mol. The van der Waals surface area contributed by atoms with E-state index < -0.39 is 10.8 Å². The molecule has 1 N–H and O–H groups in total. The van der Waals surface area contributed by atoms with Crippen molar-refractivity contribution in [3.8, 4) is 0 Å². The number of hydrogen-bond acceptors (Lipinski definition) is 3. The molecule has 0 aromatic rings. The van der Waals surface area contributed by atoms with Crippen LogP contribution in [0.3, 0.4) is 0 Å². The standard InChI is InChI=1S/C8H15NO2S2/c1-12-6-8(10)9-7-2-4-13(11)5-3-7/h7H,2-6H2,1H3,(H,9,10). The van der Waals surface area contributed by atoms with Gasteiger partial charge in [0.15, 0.2) is 0 Å². The van der Waals surface area contributed by atoms with Gasteiger partial charge < -0.3 is 5.32 Å². The first-order valence-electron chi connectivity index (χ1n) is 4.35. The Morgan fingerprint density at radius 3 is 2.69 bits per heavy atom. The number of hydrogen-bond donors (Lipinski definition) is 1. The predicted octanol–water partition coefficient (Wildman–Crippen LogP) is 0.377. The summed E-state index contributed by atoms with van der Waals surface area (Å²) < 4.78 is 11.0. The van der Waals surface area contributed by atoms with Crippen molar-refractivity contribution < 1.29 is 9.00 Å². The van der Waals surface area contributed by atoms with Gasteiger partial charge in [0, 0.05) is 28.3 Å². The zero-order valence-corrected chi connectivity index (χ0v) is 9.38. The van der Waals surface area contributed by atoms with E-state index in [1.807, 2.05) is 6.26 Å². The average Bonchev–Trinajstić information content (AvgIpc) is 2.09. The summed E-state index contributed by atoms with van der Waals surface area (Å²) in [6, 6.07) is 0.261. The SMILES string of the molecule is CSCC(=O)NC1CCS(=O)CC1. The molecule has 13 heavy (non-hydrogen) atoms. The second-order valence-electron chi connectivity index (χ2n) is 3.12. The zero-order chi connectivity index (χ0) is 9.68. The third-order valence-corrected chi connectivity index (χ3v) is 3.96. The lowest BCUT2D eigenvalue weighted by Crippen LogP contribution is -2.40. The van der Waals surface area contributed by atoms with Crippen molar-refractivity contribution in [2.24, 2.45) is 0 Å². The van der Waals surface area contributed by atoms with Crippen LogP contribution in [0.25, 0.3) is 0 Å². The summed E-state index contributed by atoms with van der Waals surface area (Å²) in [5.41, 5.74) is 0. The highest BCUT2D eigenvalue weighted by atomic mass is 32.2. The van der Waals surface area contributed by atoms with Gasteiger partial charge in [-0.2, -0.15) is 11.8 Å². The number of carbonyl (C=O) groups is 1. The molecule has 0 bridgehead atoms. The summed E-state index contributed by atoms with van der Waals surface area (Å²) >= 11 is 1.53. The number of thioether (sulfide) groups is 1. The highest BCUT2D eigenvalue weighted by Crippen LogP contribution is 2.09. The fourth-order valence-corrected chi connectivity index (χ4v) is 2.98. The maximum atomic E-state index is 11.2. The van der Waals surface area contributed by atoms with Gasteiger partial charge in [-0.05, 0) is 19.1 Å². The van der Waals surface area contributed by atoms with E-state index in [0.717, 1.165) is 24.3 Å². The van der Waals surface area contributed by atoms with Crippen LogP contribution in [0.5, 0.6) is 0 Å². The van der Waals surface area contributed by atoms with Crippen LogP contribution in [0.1, 0.15) is 12.8 Å². The Kier molecular flexibility index (Phi) is 4.80. The first-order chi connectivity index (χ1) is 6.22. The molecule has 0 saturated carbocycles. The van der Waals surface area contributed by atoms with Gasteiger partial charge in [0.05, 0.1) is 5.75 Å². The fraction of sp³-hybridized carbons (Fsp3) is 0.875. The topological polar surface area (TPSA) is 46.2 Å². The molecule has 76 valence electrons. The highest BCUT2D eigenvalue weighted by molar-refractivity contribution is 7.99. The Morgan fingerprint density at radius 1 is 1.54 bits per heavy atom. The lowest BCUT2D eigenvalue weighted by atomic mass is 10.1. The second-order valence-corrected chi connectivity index (χ2v) is 5.69. The quantitative estimate of drug-likeness (QED) is 0.749. The first-order valence-corrected chi connectivity index (χ1v) is 7.24. The molecule has 0 unspecified atom stereocenters. The minimum Gasteiger partial charge on any atom is -0.353 e. The number of amides is 1. The van der Waals surface area contributed by atoms with Gasteiger partial charge in [0.25, 0.3) is 0 Å². The van der Waals surface area contributed by atoms with E-state index in [4.69, 9.17) is 0 Å². The van der Waals surface area contributed by atoms with Crippen LogP contribution in [0.2, 0.25) is 0 Å². The van der Waals surface area contributed by atoms with Crippen LogP contribution >= 0.6 is 11.8 Å². The lowest BCUT2D eigenvalue weighted by Gasteiger charge is -2.22. The summed E-state index contributed by atoms with van der Waals surface area (Å²) in [4.78, 5) is 11.2. The maximum absolute atomic E-state index is 11.2. The van der Waals surface area contributed by atoms with Gasteiger partial charge in [0.1, 0.15) is 0 Å². The van der Waals surface area contributed by atoms with Crippen molar-refractivity contribution >= 4 is 28.5 Å². The summed E-state index contributed by atoms with van der Waals surface area (Å²) in [7, 11) is -0.636. The summed E-state index contributed by atoms with van der Waals surface area (Å²) in [6.07, 6.45) is 3.65. The molecule has 0 radical (unpaired) electrons. The Morgan fingerprint density at radius 2 is 2.15 bits per heavy atom. The van der Waals surface area contributed by atoms with Crippen LogP contribution < -0.4 is 5.32 Å². The van der Waals surface area contributed by atoms with Crippen molar-refractivity contribution in [1.82, 2.24) is 5.32 Å². The van der Waals surface area contributed by atoms with E-state index in [2.05, 4.69) is 5.32 Å². The van der Waals surface area contributed by atoms with Gasteiger partial charge in [-0.1, -0.05) is 0 Å². The molecule has 1 heterocycles. The molecule has 0 aromatic carbocycles. The summed E-state index contributed by atoms with van der Waals surface area (Å²) in [6.45, 7) is 0. The normalized spacial score (nSPS) is 28.4. The third kappa shape index (κ3) is 4.13. The Hall–Kier alpha value is -0.0300. The summed E-state index contributed by atoms with van der Waals surface area (Å²) in [5.74, 6) is 2.11. The molecule has 1 fully saturated rings. The molecule has 0 aromatic heterocycles. The Bertz CT molecular complexity index is 198. The van der Waals surface area contributed by atoms with Gasteiger partial charge >= 0.3 is 0 Å². The molecule has 0 aliphatic carbocycles. The number of carbonyl (C=O) groups excluding carboxylic acids is 1. The van der Waals surface area contributed by atoms with Crippen molar-refractivity contribution in [2.45, 2.75) is 18.9 Å².